The Morgan fingerprint density at radius 3 is 3.00 bits per heavy atom. The first kappa shape index (κ1) is 11.0. The first-order valence-electron chi connectivity index (χ1n) is 4.54. The number of hydrogen-bond acceptors (Lipinski definition) is 2. The van der Waals surface area contributed by atoms with E-state index in [2.05, 4.69) is 0 Å². The summed E-state index contributed by atoms with van der Waals surface area (Å²) in [5.41, 5.74) is 0.864. The minimum absolute atomic E-state index is 0.595. The molecule has 2 rings (SSSR count). The van der Waals surface area contributed by atoms with Gasteiger partial charge in [-0.3, -0.25) is 4.21 Å². The van der Waals surface area contributed by atoms with Crippen LogP contribution in [0.5, 0.6) is 0 Å². The zero-order valence-electron chi connectivity index (χ0n) is 8.20. The van der Waals surface area contributed by atoms with Crippen LogP contribution in [0.3, 0.4) is 0 Å². The molecule has 0 amide bonds. The summed E-state index contributed by atoms with van der Waals surface area (Å²) in [6.07, 6.45) is 0.685. The molecule has 0 spiro atoms. The number of anilines is 1. The monoisotopic (exact) mass is 259 g/mol. The number of nitrogens with zero attached hydrogens (tertiary/aromatic N) is 1. The molecule has 1 aliphatic heterocycles. The van der Waals surface area contributed by atoms with Crippen LogP contribution in [-0.2, 0) is 10.8 Å². The Morgan fingerprint density at radius 2 is 2.27 bits per heavy atom. The summed E-state index contributed by atoms with van der Waals surface area (Å²) < 4.78 is 11.9. The standard InChI is InChI=1S/C10H10ClNOS2/c1-12-8-6-7(11)2-3-9(8)15(13)5-4-10(12)14/h2-3,6H,4-5H2,1H3. The molecule has 2 nitrogen and oxygen atoms in total. The molecule has 1 aromatic carbocycles. The van der Waals surface area contributed by atoms with Crippen LogP contribution in [-0.4, -0.2) is 22.0 Å². The number of hydrogen-bond donors (Lipinski definition) is 0. The summed E-state index contributed by atoms with van der Waals surface area (Å²) >= 11 is 11.2. The Kier molecular flexibility index (Phi) is 3.09. The van der Waals surface area contributed by atoms with Crippen LogP contribution in [0.25, 0.3) is 0 Å². The van der Waals surface area contributed by atoms with Gasteiger partial charge < -0.3 is 4.90 Å². The number of thiocarbonyl (C=S) groups is 1. The molecule has 0 aromatic heterocycles. The fourth-order valence-electron chi connectivity index (χ4n) is 1.54. The third kappa shape index (κ3) is 2.07. The van der Waals surface area contributed by atoms with Gasteiger partial charge in [0.05, 0.1) is 26.4 Å². The molecule has 1 heterocycles. The number of fused-ring (bicyclic) bond motifs is 1. The Balaban J connectivity index is 2.60. The molecule has 5 heteroatoms. The maximum Gasteiger partial charge on any atom is 0.0830 e. The summed E-state index contributed by atoms with van der Waals surface area (Å²) in [6.45, 7) is 0. The van der Waals surface area contributed by atoms with Crippen LogP contribution in [0.15, 0.2) is 23.1 Å². The number of halogens is 1. The van der Waals surface area contributed by atoms with Gasteiger partial charge in [-0.05, 0) is 18.2 Å². The normalized spacial score (nSPS) is 21.1. The highest BCUT2D eigenvalue weighted by atomic mass is 35.5. The molecular formula is C10H10ClNOS2. The van der Waals surface area contributed by atoms with Crippen LogP contribution >= 0.6 is 23.8 Å². The van der Waals surface area contributed by atoms with Gasteiger partial charge in [-0.2, -0.15) is 0 Å². The number of rotatable bonds is 0. The maximum atomic E-state index is 11.9. The molecule has 0 saturated heterocycles. The van der Waals surface area contributed by atoms with E-state index < -0.39 is 10.8 Å². The van der Waals surface area contributed by atoms with E-state index in [0.29, 0.717) is 17.2 Å². The van der Waals surface area contributed by atoms with Crippen molar-refractivity contribution in [3.8, 4) is 0 Å². The highest BCUT2D eigenvalue weighted by molar-refractivity contribution is 7.85. The molecule has 1 aromatic rings. The Morgan fingerprint density at radius 1 is 1.53 bits per heavy atom. The SMILES string of the molecule is CN1C(=S)CCS(=O)c2ccc(Cl)cc21. The zero-order chi connectivity index (χ0) is 11.0. The van der Waals surface area contributed by atoms with Crippen LogP contribution in [0, 0.1) is 0 Å². The second-order valence-corrected chi connectivity index (χ2v) is 5.81. The average molecular weight is 260 g/mol. The lowest BCUT2D eigenvalue weighted by Gasteiger charge is -2.19. The predicted molar refractivity (Wildman–Crippen MR) is 68.3 cm³/mol. The smallest absolute Gasteiger partial charge is 0.0830 e. The van der Waals surface area contributed by atoms with Gasteiger partial charge in [0, 0.05) is 24.2 Å². The third-order valence-electron chi connectivity index (χ3n) is 2.40. The molecule has 1 atom stereocenters. The molecular weight excluding hydrogens is 250 g/mol. The third-order valence-corrected chi connectivity index (χ3v) is 4.53. The van der Waals surface area contributed by atoms with E-state index in [1.807, 2.05) is 24.1 Å². The van der Waals surface area contributed by atoms with Crippen molar-refractivity contribution in [3.63, 3.8) is 0 Å². The molecule has 0 N–H and O–H groups in total. The summed E-state index contributed by atoms with van der Waals surface area (Å²) in [7, 11) is 0.919. The van der Waals surface area contributed by atoms with Crippen molar-refractivity contribution in [1.29, 1.82) is 0 Å². The van der Waals surface area contributed by atoms with Crippen LogP contribution in [0.2, 0.25) is 5.02 Å². The van der Waals surface area contributed by atoms with Crippen molar-refractivity contribution in [1.82, 2.24) is 0 Å². The van der Waals surface area contributed by atoms with Gasteiger partial charge >= 0.3 is 0 Å². The van der Waals surface area contributed by atoms with E-state index in [0.717, 1.165) is 15.6 Å². The minimum atomic E-state index is -0.970. The predicted octanol–water partition coefficient (Wildman–Crippen LogP) is 2.61. The molecule has 80 valence electrons. The second kappa shape index (κ2) is 4.20. The van der Waals surface area contributed by atoms with Gasteiger partial charge in [-0.1, -0.05) is 23.8 Å². The van der Waals surface area contributed by atoms with Crippen molar-refractivity contribution < 1.29 is 4.21 Å². The molecule has 1 unspecified atom stereocenters. The van der Waals surface area contributed by atoms with Crippen LogP contribution in [0.1, 0.15) is 6.42 Å². The molecule has 0 aliphatic carbocycles. The van der Waals surface area contributed by atoms with Crippen LogP contribution < -0.4 is 4.90 Å². The molecule has 0 bridgehead atoms. The van der Waals surface area contributed by atoms with Crippen molar-refractivity contribution in [3.05, 3.63) is 23.2 Å². The summed E-state index contributed by atoms with van der Waals surface area (Å²) in [4.78, 5) is 3.52. The first-order valence-corrected chi connectivity index (χ1v) is 6.64. The van der Waals surface area contributed by atoms with Crippen LogP contribution in [0.4, 0.5) is 5.69 Å². The summed E-state index contributed by atoms with van der Waals surface area (Å²) in [6, 6.07) is 5.39. The van der Waals surface area contributed by atoms with Crippen molar-refractivity contribution >= 4 is 45.3 Å². The zero-order valence-corrected chi connectivity index (χ0v) is 10.6. The van der Waals surface area contributed by atoms with Gasteiger partial charge in [0.25, 0.3) is 0 Å². The van der Waals surface area contributed by atoms with Crippen molar-refractivity contribution in [2.75, 3.05) is 17.7 Å². The minimum Gasteiger partial charge on any atom is -0.338 e. The van der Waals surface area contributed by atoms with E-state index >= 15 is 0 Å². The fourth-order valence-corrected chi connectivity index (χ4v) is 3.28. The Hall–Kier alpha value is -0.450. The molecule has 0 saturated carbocycles. The van der Waals surface area contributed by atoms with Crippen molar-refractivity contribution in [2.45, 2.75) is 11.3 Å². The topological polar surface area (TPSA) is 20.3 Å². The fraction of sp³-hybridized carbons (Fsp3) is 0.300. The summed E-state index contributed by atoms with van der Waals surface area (Å²) in [5.74, 6) is 0.595. The van der Waals surface area contributed by atoms with E-state index in [1.165, 1.54) is 0 Å². The molecule has 1 aliphatic rings. The lowest BCUT2D eigenvalue weighted by atomic mass is 10.3. The van der Waals surface area contributed by atoms with Gasteiger partial charge in [-0.15, -0.1) is 0 Å². The highest BCUT2D eigenvalue weighted by Gasteiger charge is 2.20. The second-order valence-electron chi connectivity index (χ2n) is 3.36. The number of benzene rings is 1. The highest BCUT2D eigenvalue weighted by Crippen LogP contribution is 2.30. The lowest BCUT2D eigenvalue weighted by molar-refractivity contribution is 0.683. The van der Waals surface area contributed by atoms with Gasteiger partial charge in [0.1, 0.15) is 0 Å². The van der Waals surface area contributed by atoms with Gasteiger partial charge in [-0.25, -0.2) is 0 Å². The quantitative estimate of drug-likeness (QED) is 0.668. The van der Waals surface area contributed by atoms with E-state index in [4.69, 9.17) is 23.8 Å². The Bertz CT molecular complexity index is 447. The molecule has 0 radical (unpaired) electrons. The van der Waals surface area contributed by atoms with Gasteiger partial charge in [0.2, 0.25) is 0 Å². The maximum absolute atomic E-state index is 11.9. The van der Waals surface area contributed by atoms with Gasteiger partial charge in [0.15, 0.2) is 0 Å². The largest absolute Gasteiger partial charge is 0.338 e. The Labute approximate surface area is 102 Å². The van der Waals surface area contributed by atoms with Crippen molar-refractivity contribution in [2.24, 2.45) is 0 Å². The first-order chi connectivity index (χ1) is 7.09. The van der Waals surface area contributed by atoms with E-state index in [-0.39, 0.29) is 0 Å². The molecule has 15 heavy (non-hydrogen) atoms. The molecule has 0 fully saturated rings. The summed E-state index contributed by atoms with van der Waals surface area (Å²) in [5, 5.41) is 0.641. The lowest BCUT2D eigenvalue weighted by Crippen LogP contribution is -2.23. The van der Waals surface area contributed by atoms with E-state index in [9.17, 15) is 4.21 Å². The van der Waals surface area contributed by atoms with E-state index in [1.54, 1.807) is 6.07 Å². The average Bonchev–Trinajstić information content (AvgIpc) is 2.32.